The van der Waals surface area contributed by atoms with Crippen LogP contribution in [0.15, 0.2) is 0 Å². The first-order valence-electron chi connectivity index (χ1n) is 7.39. The number of likely N-dealkylation sites (N-methyl/N-ethyl adjacent to an activating group) is 1. The van der Waals surface area contributed by atoms with Gasteiger partial charge in [-0.15, -0.1) is 11.8 Å². The highest BCUT2D eigenvalue weighted by Gasteiger charge is 2.39. The molecule has 2 fully saturated rings. The van der Waals surface area contributed by atoms with Crippen molar-refractivity contribution in [3.05, 3.63) is 0 Å². The maximum Gasteiger partial charge on any atom is 0.230 e. The average molecular weight is 285 g/mol. The van der Waals surface area contributed by atoms with Gasteiger partial charge in [-0.3, -0.25) is 4.79 Å². The molecule has 0 aromatic carbocycles. The summed E-state index contributed by atoms with van der Waals surface area (Å²) in [4.78, 5) is 14.2. The molecule has 2 N–H and O–H groups in total. The maximum atomic E-state index is 11.9. The van der Waals surface area contributed by atoms with Gasteiger partial charge in [0.25, 0.3) is 0 Å². The summed E-state index contributed by atoms with van der Waals surface area (Å²) in [7, 11) is 4.24. The largest absolute Gasteiger partial charge is 0.354 e. The van der Waals surface area contributed by atoms with Gasteiger partial charge < -0.3 is 15.5 Å². The molecular formula is C14H27N3OS. The zero-order valence-corrected chi connectivity index (χ0v) is 13.0. The lowest BCUT2D eigenvalue weighted by molar-refractivity contribution is -0.119. The molecule has 0 atom stereocenters. The van der Waals surface area contributed by atoms with E-state index in [4.69, 9.17) is 0 Å². The zero-order valence-electron chi connectivity index (χ0n) is 12.2. The standard InChI is InChI=1S/C14H27N3OS/c1-17(2)14(6-3-7-14)11-16-13(18)10-19-12-4-8-15-9-5-12/h12,15H,3-11H2,1-2H3,(H,16,18). The molecule has 1 heterocycles. The third kappa shape index (κ3) is 4.10. The quantitative estimate of drug-likeness (QED) is 0.766. The molecular weight excluding hydrogens is 258 g/mol. The summed E-state index contributed by atoms with van der Waals surface area (Å²) in [6.07, 6.45) is 6.10. The Hall–Kier alpha value is -0.260. The van der Waals surface area contributed by atoms with E-state index in [1.54, 1.807) is 0 Å². The molecule has 1 aliphatic carbocycles. The van der Waals surface area contributed by atoms with E-state index in [1.807, 2.05) is 11.8 Å². The van der Waals surface area contributed by atoms with Crippen LogP contribution in [0.5, 0.6) is 0 Å². The van der Waals surface area contributed by atoms with Crippen LogP contribution in [0.4, 0.5) is 0 Å². The van der Waals surface area contributed by atoms with Gasteiger partial charge in [-0.25, -0.2) is 0 Å². The van der Waals surface area contributed by atoms with Crippen molar-refractivity contribution in [1.29, 1.82) is 0 Å². The second-order valence-electron chi connectivity index (χ2n) is 6.01. The molecule has 4 nitrogen and oxygen atoms in total. The number of nitrogens with zero attached hydrogens (tertiary/aromatic N) is 1. The summed E-state index contributed by atoms with van der Waals surface area (Å²) in [5.41, 5.74) is 0.231. The lowest BCUT2D eigenvalue weighted by Crippen LogP contribution is -2.57. The molecule has 19 heavy (non-hydrogen) atoms. The predicted octanol–water partition coefficient (Wildman–Crippen LogP) is 1.07. The Labute approximate surface area is 121 Å². The van der Waals surface area contributed by atoms with E-state index >= 15 is 0 Å². The number of carbonyl (C=O) groups is 1. The van der Waals surface area contributed by atoms with Gasteiger partial charge in [-0.1, -0.05) is 0 Å². The van der Waals surface area contributed by atoms with Crippen LogP contribution in [0.3, 0.4) is 0 Å². The third-order valence-electron chi connectivity index (χ3n) is 4.58. The SMILES string of the molecule is CN(C)C1(CNC(=O)CSC2CCNCC2)CCC1. The normalized spacial score (nSPS) is 23.1. The van der Waals surface area contributed by atoms with Gasteiger partial charge in [0, 0.05) is 17.3 Å². The van der Waals surface area contributed by atoms with Gasteiger partial charge in [0.1, 0.15) is 0 Å². The van der Waals surface area contributed by atoms with Gasteiger partial charge in [0.05, 0.1) is 5.75 Å². The number of thioether (sulfide) groups is 1. The molecule has 1 saturated heterocycles. The Kier molecular flexibility index (Phi) is 5.54. The number of piperidine rings is 1. The van der Waals surface area contributed by atoms with Crippen LogP contribution in [-0.4, -0.2) is 61.1 Å². The Morgan fingerprint density at radius 1 is 1.37 bits per heavy atom. The smallest absolute Gasteiger partial charge is 0.230 e. The molecule has 0 radical (unpaired) electrons. The molecule has 0 aromatic rings. The van der Waals surface area contributed by atoms with Crippen molar-refractivity contribution in [2.24, 2.45) is 0 Å². The van der Waals surface area contributed by atoms with Crippen LogP contribution in [0.25, 0.3) is 0 Å². The van der Waals surface area contributed by atoms with Gasteiger partial charge in [-0.05, 0) is 59.3 Å². The molecule has 2 rings (SSSR count). The second-order valence-corrected chi connectivity index (χ2v) is 7.30. The number of carbonyl (C=O) groups excluding carboxylic acids is 1. The molecule has 110 valence electrons. The molecule has 2 aliphatic rings. The van der Waals surface area contributed by atoms with Crippen LogP contribution in [0.1, 0.15) is 32.1 Å². The fraction of sp³-hybridized carbons (Fsp3) is 0.929. The second kappa shape index (κ2) is 6.95. The summed E-state index contributed by atoms with van der Waals surface area (Å²) in [6.45, 7) is 3.01. The highest BCUT2D eigenvalue weighted by Crippen LogP contribution is 2.35. The van der Waals surface area contributed by atoms with E-state index in [1.165, 1.54) is 32.1 Å². The molecule has 0 unspecified atom stereocenters. The van der Waals surface area contributed by atoms with Crippen LogP contribution in [0, 0.1) is 0 Å². The molecule has 0 spiro atoms. The number of hydrogen-bond acceptors (Lipinski definition) is 4. The van der Waals surface area contributed by atoms with E-state index in [9.17, 15) is 4.79 Å². The first-order chi connectivity index (χ1) is 9.12. The van der Waals surface area contributed by atoms with Crippen molar-refractivity contribution in [3.8, 4) is 0 Å². The fourth-order valence-corrected chi connectivity index (χ4v) is 3.89. The van der Waals surface area contributed by atoms with Crippen LogP contribution >= 0.6 is 11.8 Å². The number of hydrogen-bond donors (Lipinski definition) is 2. The van der Waals surface area contributed by atoms with Gasteiger partial charge >= 0.3 is 0 Å². The summed E-state index contributed by atoms with van der Waals surface area (Å²) in [5.74, 6) is 0.824. The fourth-order valence-electron chi connectivity index (χ4n) is 2.84. The van der Waals surface area contributed by atoms with Gasteiger partial charge in [-0.2, -0.15) is 0 Å². The minimum atomic E-state index is 0.205. The van der Waals surface area contributed by atoms with Gasteiger partial charge in [0.15, 0.2) is 0 Å². The van der Waals surface area contributed by atoms with Crippen LogP contribution < -0.4 is 10.6 Å². The van der Waals surface area contributed by atoms with Gasteiger partial charge in [0.2, 0.25) is 5.91 Å². The van der Waals surface area contributed by atoms with Crippen molar-refractivity contribution in [2.45, 2.75) is 42.9 Å². The molecule has 1 saturated carbocycles. The van der Waals surface area contributed by atoms with Crippen molar-refractivity contribution in [2.75, 3.05) is 39.5 Å². The Balaban J connectivity index is 1.64. The predicted molar refractivity (Wildman–Crippen MR) is 81.6 cm³/mol. The average Bonchev–Trinajstić information content (AvgIpc) is 2.36. The minimum absolute atomic E-state index is 0.205. The highest BCUT2D eigenvalue weighted by atomic mass is 32.2. The summed E-state index contributed by atoms with van der Waals surface area (Å²) < 4.78 is 0. The Bertz CT molecular complexity index is 299. The molecule has 5 heteroatoms. The van der Waals surface area contributed by atoms with Crippen molar-refractivity contribution in [1.82, 2.24) is 15.5 Å². The monoisotopic (exact) mass is 285 g/mol. The molecule has 0 bridgehead atoms. The van der Waals surface area contributed by atoms with E-state index in [-0.39, 0.29) is 11.4 Å². The van der Waals surface area contributed by atoms with E-state index in [2.05, 4.69) is 29.6 Å². The molecule has 1 amide bonds. The van der Waals surface area contributed by atoms with E-state index in [0.29, 0.717) is 11.0 Å². The topological polar surface area (TPSA) is 44.4 Å². The first kappa shape index (κ1) is 15.1. The number of amides is 1. The number of nitrogens with one attached hydrogen (secondary N) is 2. The summed E-state index contributed by atoms with van der Waals surface area (Å²) in [6, 6.07) is 0. The van der Waals surface area contributed by atoms with E-state index in [0.717, 1.165) is 19.6 Å². The van der Waals surface area contributed by atoms with E-state index < -0.39 is 0 Å². The zero-order chi connectivity index (χ0) is 13.7. The first-order valence-corrected chi connectivity index (χ1v) is 8.44. The molecule has 1 aliphatic heterocycles. The Morgan fingerprint density at radius 3 is 2.58 bits per heavy atom. The summed E-state index contributed by atoms with van der Waals surface area (Å²) in [5, 5.41) is 7.15. The highest BCUT2D eigenvalue weighted by molar-refractivity contribution is 8.00. The van der Waals surface area contributed by atoms with Crippen molar-refractivity contribution in [3.63, 3.8) is 0 Å². The maximum absolute atomic E-state index is 11.9. The lowest BCUT2D eigenvalue weighted by atomic mass is 9.75. The van der Waals surface area contributed by atoms with Crippen molar-refractivity contribution >= 4 is 17.7 Å². The number of rotatable bonds is 6. The van der Waals surface area contributed by atoms with Crippen LogP contribution in [-0.2, 0) is 4.79 Å². The van der Waals surface area contributed by atoms with Crippen molar-refractivity contribution < 1.29 is 4.79 Å². The van der Waals surface area contributed by atoms with Crippen LogP contribution in [0.2, 0.25) is 0 Å². The minimum Gasteiger partial charge on any atom is -0.354 e. The lowest BCUT2D eigenvalue weighted by Gasteiger charge is -2.47. The summed E-state index contributed by atoms with van der Waals surface area (Å²) >= 11 is 1.82. The Morgan fingerprint density at radius 2 is 2.05 bits per heavy atom. The third-order valence-corrected chi connectivity index (χ3v) is 5.96. The molecule has 0 aromatic heterocycles.